The number of halogens is 4. The number of rotatable bonds is 1. The predicted octanol–water partition coefficient (Wildman–Crippen LogP) is 2.21. The van der Waals surface area contributed by atoms with Gasteiger partial charge in [-0.15, -0.1) is 5.10 Å². The minimum Gasteiger partial charge on any atom is -0.366 e. The Labute approximate surface area is 92.5 Å². The van der Waals surface area contributed by atoms with Gasteiger partial charge in [0, 0.05) is 5.56 Å². The molecule has 0 radical (unpaired) electrons. The number of nitrogens with two attached hydrogens (primary N) is 1. The summed E-state index contributed by atoms with van der Waals surface area (Å²) < 4.78 is 50.8. The van der Waals surface area contributed by atoms with Crippen molar-refractivity contribution in [1.82, 2.24) is 15.2 Å². The molecule has 1 heterocycles. The molecule has 0 aliphatic heterocycles. The first kappa shape index (κ1) is 11.4. The molecule has 0 amide bonds. The Morgan fingerprint density at radius 2 is 1.94 bits per heavy atom. The summed E-state index contributed by atoms with van der Waals surface area (Å²) in [5, 5.41) is 5.66. The summed E-state index contributed by atoms with van der Waals surface area (Å²) in [6.07, 6.45) is -4.68. The Morgan fingerprint density at radius 3 is 2.47 bits per heavy atom. The maximum absolute atomic E-state index is 12.8. The minimum atomic E-state index is -4.68. The van der Waals surface area contributed by atoms with Crippen molar-refractivity contribution in [2.75, 3.05) is 5.73 Å². The van der Waals surface area contributed by atoms with Crippen LogP contribution in [-0.2, 0) is 6.18 Å². The van der Waals surface area contributed by atoms with Crippen molar-refractivity contribution < 1.29 is 17.6 Å². The summed E-state index contributed by atoms with van der Waals surface area (Å²) in [7, 11) is 0. The molecule has 0 fully saturated rings. The van der Waals surface area contributed by atoms with Crippen molar-refractivity contribution in [3.05, 3.63) is 29.6 Å². The van der Waals surface area contributed by atoms with Gasteiger partial charge in [-0.2, -0.15) is 18.2 Å². The van der Waals surface area contributed by atoms with Crippen LogP contribution in [0, 0.1) is 5.82 Å². The number of benzene rings is 1. The summed E-state index contributed by atoms with van der Waals surface area (Å²) in [6.45, 7) is 0. The molecule has 1 aromatic heterocycles. The standard InChI is InChI=1S/C9H6F4N4/c10-4-1-2-5(6(3-4)9(11,12)13)7-15-8(14)17-16-7/h1-3H,(H3,14,15,16,17). The fraction of sp³-hybridized carbons (Fsp3) is 0.111. The molecule has 0 saturated heterocycles. The van der Waals surface area contributed by atoms with Crippen molar-refractivity contribution in [1.29, 1.82) is 0 Å². The second-order valence-electron chi connectivity index (χ2n) is 3.23. The Kier molecular flexibility index (Phi) is 2.49. The third-order valence-corrected chi connectivity index (χ3v) is 2.04. The molecule has 0 aliphatic rings. The zero-order valence-electron chi connectivity index (χ0n) is 8.22. The lowest BCUT2D eigenvalue weighted by Crippen LogP contribution is -2.08. The van der Waals surface area contributed by atoms with E-state index in [1.807, 2.05) is 0 Å². The van der Waals surface area contributed by atoms with E-state index in [0.717, 1.165) is 12.1 Å². The molecule has 0 bridgehead atoms. The number of nitrogens with zero attached hydrogens (tertiary/aromatic N) is 2. The second kappa shape index (κ2) is 3.72. The maximum atomic E-state index is 12.8. The molecule has 8 heteroatoms. The molecule has 17 heavy (non-hydrogen) atoms. The van der Waals surface area contributed by atoms with Gasteiger partial charge in [-0.1, -0.05) is 0 Å². The third-order valence-electron chi connectivity index (χ3n) is 2.04. The van der Waals surface area contributed by atoms with Crippen molar-refractivity contribution in [3.63, 3.8) is 0 Å². The van der Waals surface area contributed by atoms with Gasteiger partial charge < -0.3 is 5.73 Å². The maximum Gasteiger partial charge on any atom is 0.417 e. The summed E-state index contributed by atoms with van der Waals surface area (Å²) in [5.41, 5.74) is 3.76. The largest absolute Gasteiger partial charge is 0.417 e. The molecule has 90 valence electrons. The minimum absolute atomic E-state index is 0.158. The van der Waals surface area contributed by atoms with Crippen LogP contribution in [0.3, 0.4) is 0 Å². The zero-order valence-corrected chi connectivity index (χ0v) is 8.22. The first-order valence-electron chi connectivity index (χ1n) is 4.43. The van der Waals surface area contributed by atoms with Crippen LogP contribution in [-0.4, -0.2) is 15.2 Å². The first-order chi connectivity index (χ1) is 7.88. The van der Waals surface area contributed by atoms with Crippen molar-refractivity contribution >= 4 is 5.95 Å². The average Bonchev–Trinajstić information content (AvgIpc) is 2.63. The molecule has 4 nitrogen and oxygen atoms in total. The molecule has 2 rings (SSSR count). The highest BCUT2D eigenvalue weighted by molar-refractivity contribution is 5.61. The number of anilines is 1. The molecule has 0 unspecified atom stereocenters. The first-order valence-corrected chi connectivity index (χ1v) is 4.43. The molecule has 0 aliphatic carbocycles. The summed E-state index contributed by atoms with van der Waals surface area (Å²) >= 11 is 0. The number of nitrogens with one attached hydrogen (secondary N) is 1. The topological polar surface area (TPSA) is 67.6 Å². The number of hydrogen-bond acceptors (Lipinski definition) is 3. The number of aromatic amines is 1. The molecule has 0 spiro atoms. The predicted molar refractivity (Wildman–Crippen MR) is 51.2 cm³/mol. The van der Waals surface area contributed by atoms with E-state index in [1.54, 1.807) is 0 Å². The highest BCUT2D eigenvalue weighted by Crippen LogP contribution is 2.36. The van der Waals surface area contributed by atoms with Crippen molar-refractivity contribution in [3.8, 4) is 11.4 Å². The number of hydrogen-bond donors (Lipinski definition) is 2. The third kappa shape index (κ3) is 2.19. The number of H-pyrrole nitrogens is 1. The molecule has 0 saturated carbocycles. The normalized spacial score (nSPS) is 11.8. The zero-order chi connectivity index (χ0) is 12.6. The highest BCUT2D eigenvalue weighted by Gasteiger charge is 2.34. The molecular formula is C9H6F4N4. The SMILES string of the molecule is Nc1n[nH]c(-c2ccc(F)cc2C(F)(F)F)n1. The fourth-order valence-corrected chi connectivity index (χ4v) is 1.35. The molecule has 2 aromatic rings. The van der Waals surface area contributed by atoms with Crippen LogP contribution in [0.5, 0.6) is 0 Å². The second-order valence-corrected chi connectivity index (χ2v) is 3.23. The van der Waals surface area contributed by atoms with Gasteiger partial charge >= 0.3 is 6.18 Å². The van der Waals surface area contributed by atoms with Crippen LogP contribution < -0.4 is 5.73 Å². The van der Waals surface area contributed by atoms with E-state index in [9.17, 15) is 17.6 Å². The van der Waals surface area contributed by atoms with Gasteiger partial charge in [0.2, 0.25) is 5.95 Å². The highest BCUT2D eigenvalue weighted by atomic mass is 19.4. The Bertz CT molecular complexity index is 546. The van der Waals surface area contributed by atoms with Crippen LogP contribution in [0.25, 0.3) is 11.4 Å². The van der Waals surface area contributed by atoms with Crippen molar-refractivity contribution in [2.45, 2.75) is 6.18 Å². The van der Waals surface area contributed by atoms with Crippen LogP contribution >= 0.6 is 0 Å². The lowest BCUT2D eigenvalue weighted by Gasteiger charge is -2.10. The Balaban J connectivity index is 2.61. The van der Waals surface area contributed by atoms with Gasteiger partial charge in [-0.25, -0.2) is 4.39 Å². The number of aromatic nitrogens is 3. The number of nitrogen functional groups attached to an aromatic ring is 1. The van der Waals surface area contributed by atoms with Crippen LogP contribution in [0.1, 0.15) is 5.56 Å². The van der Waals surface area contributed by atoms with E-state index >= 15 is 0 Å². The van der Waals surface area contributed by atoms with E-state index in [4.69, 9.17) is 5.73 Å². The smallest absolute Gasteiger partial charge is 0.366 e. The van der Waals surface area contributed by atoms with Gasteiger partial charge in [0.1, 0.15) is 5.82 Å². The van der Waals surface area contributed by atoms with Gasteiger partial charge in [-0.05, 0) is 18.2 Å². The van der Waals surface area contributed by atoms with Crippen LogP contribution in [0.2, 0.25) is 0 Å². The monoisotopic (exact) mass is 246 g/mol. The van der Waals surface area contributed by atoms with E-state index in [1.165, 1.54) is 0 Å². The lowest BCUT2D eigenvalue weighted by molar-refractivity contribution is -0.137. The lowest BCUT2D eigenvalue weighted by atomic mass is 10.1. The summed E-state index contributed by atoms with van der Waals surface area (Å²) in [5.74, 6) is -1.32. The molecule has 0 atom stereocenters. The summed E-state index contributed by atoms with van der Waals surface area (Å²) in [6, 6.07) is 2.27. The molecular weight excluding hydrogens is 240 g/mol. The van der Waals surface area contributed by atoms with Gasteiger partial charge in [0.15, 0.2) is 5.82 Å². The van der Waals surface area contributed by atoms with E-state index in [2.05, 4.69) is 15.2 Å². The molecule has 3 N–H and O–H groups in total. The van der Waals surface area contributed by atoms with Gasteiger partial charge in [0.05, 0.1) is 5.56 Å². The quantitative estimate of drug-likeness (QED) is 0.758. The van der Waals surface area contributed by atoms with Gasteiger partial charge in [0.25, 0.3) is 0 Å². The average molecular weight is 246 g/mol. The van der Waals surface area contributed by atoms with Crippen molar-refractivity contribution in [2.24, 2.45) is 0 Å². The van der Waals surface area contributed by atoms with Gasteiger partial charge in [-0.3, -0.25) is 5.10 Å². The van der Waals surface area contributed by atoms with E-state index in [0.29, 0.717) is 6.07 Å². The summed E-state index contributed by atoms with van der Waals surface area (Å²) in [4.78, 5) is 3.57. The van der Waals surface area contributed by atoms with Crippen LogP contribution in [0.4, 0.5) is 23.5 Å². The Hall–Kier alpha value is -2.12. The van der Waals surface area contributed by atoms with Crippen LogP contribution in [0.15, 0.2) is 18.2 Å². The fourth-order valence-electron chi connectivity index (χ4n) is 1.35. The Morgan fingerprint density at radius 1 is 1.24 bits per heavy atom. The van der Waals surface area contributed by atoms with E-state index in [-0.39, 0.29) is 17.3 Å². The van der Waals surface area contributed by atoms with E-state index < -0.39 is 17.6 Å². The number of alkyl halides is 3. The molecule has 1 aromatic carbocycles.